The molecule has 4 heteroatoms. The third kappa shape index (κ3) is 2.63. The van der Waals surface area contributed by atoms with Crippen molar-refractivity contribution in [3.63, 3.8) is 0 Å². The topological polar surface area (TPSA) is 48.7 Å². The average Bonchev–Trinajstić information content (AvgIpc) is 2.99. The second-order valence-electron chi connectivity index (χ2n) is 4.49. The molecule has 0 saturated carbocycles. The molecule has 0 bridgehead atoms. The molecule has 0 spiro atoms. The Hall–Kier alpha value is -2.38. The average molecular weight is 279 g/mol. The molecule has 0 aliphatic rings. The zero-order chi connectivity index (χ0) is 13.8. The highest BCUT2D eigenvalue weighted by Gasteiger charge is 2.04. The summed E-state index contributed by atoms with van der Waals surface area (Å²) in [5, 5.41) is 17.7. The van der Waals surface area contributed by atoms with E-state index < -0.39 is 0 Å². The SMILES string of the molecule is N#Cc1cc(NCCc2ccsc2)nc2ccccc12. The molecule has 3 nitrogen and oxygen atoms in total. The maximum atomic E-state index is 9.23. The van der Waals surface area contributed by atoms with Gasteiger partial charge >= 0.3 is 0 Å². The minimum atomic E-state index is 0.661. The van der Waals surface area contributed by atoms with E-state index in [0.29, 0.717) is 5.56 Å². The Morgan fingerprint density at radius 3 is 2.95 bits per heavy atom. The molecule has 2 heterocycles. The van der Waals surface area contributed by atoms with Gasteiger partial charge in [0, 0.05) is 11.9 Å². The molecule has 0 aliphatic carbocycles. The van der Waals surface area contributed by atoms with Gasteiger partial charge in [-0.15, -0.1) is 0 Å². The summed E-state index contributed by atoms with van der Waals surface area (Å²) in [6, 6.07) is 13.9. The summed E-state index contributed by atoms with van der Waals surface area (Å²) in [5.41, 5.74) is 2.84. The van der Waals surface area contributed by atoms with Crippen LogP contribution >= 0.6 is 11.3 Å². The van der Waals surface area contributed by atoms with E-state index >= 15 is 0 Å². The number of nitrogens with one attached hydrogen (secondary N) is 1. The number of para-hydroxylation sites is 1. The van der Waals surface area contributed by atoms with Gasteiger partial charge < -0.3 is 5.32 Å². The van der Waals surface area contributed by atoms with E-state index in [2.05, 4.69) is 33.2 Å². The van der Waals surface area contributed by atoms with Gasteiger partial charge in [-0.25, -0.2) is 4.98 Å². The Balaban J connectivity index is 1.80. The molecule has 3 aromatic rings. The fourth-order valence-corrected chi connectivity index (χ4v) is 2.83. The number of pyridine rings is 1. The summed E-state index contributed by atoms with van der Waals surface area (Å²) < 4.78 is 0. The standard InChI is InChI=1S/C16H13N3S/c17-10-13-9-16(18-7-5-12-6-8-20-11-12)19-15-4-2-1-3-14(13)15/h1-4,6,8-9,11H,5,7H2,(H,18,19). The Kier molecular flexibility index (Phi) is 3.62. The number of nitrogens with zero attached hydrogens (tertiary/aromatic N) is 2. The highest BCUT2D eigenvalue weighted by atomic mass is 32.1. The summed E-state index contributed by atoms with van der Waals surface area (Å²) in [4.78, 5) is 4.54. The zero-order valence-corrected chi connectivity index (χ0v) is 11.7. The maximum Gasteiger partial charge on any atom is 0.127 e. The summed E-state index contributed by atoms with van der Waals surface area (Å²) in [6.07, 6.45) is 0.958. The van der Waals surface area contributed by atoms with Crippen LogP contribution in [0.2, 0.25) is 0 Å². The van der Waals surface area contributed by atoms with Crippen LogP contribution in [0, 0.1) is 11.3 Å². The van der Waals surface area contributed by atoms with Crippen LogP contribution in [0.3, 0.4) is 0 Å². The van der Waals surface area contributed by atoms with Gasteiger partial charge in [-0.3, -0.25) is 0 Å². The predicted octanol–water partition coefficient (Wildman–Crippen LogP) is 3.82. The first-order chi connectivity index (χ1) is 9.86. The number of hydrogen-bond acceptors (Lipinski definition) is 4. The van der Waals surface area contributed by atoms with E-state index in [1.165, 1.54) is 5.56 Å². The van der Waals surface area contributed by atoms with Crippen LogP contribution in [-0.2, 0) is 6.42 Å². The minimum Gasteiger partial charge on any atom is -0.370 e. The third-order valence-corrected chi connectivity index (χ3v) is 3.87. The van der Waals surface area contributed by atoms with Crippen LogP contribution in [0.25, 0.3) is 10.9 Å². The molecule has 0 radical (unpaired) electrons. The van der Waals surface area contributed by atoms with E-state index in [-0.39, 0.29) is 0 Å². The van der Waals surface area contributed by atoms with Gasteiger partial charge in [-0.05, 0) is 40.9 Å². The lowest BCUT2D eigenvalue weighted by Crippen LogP contribution is -2.06. The predicted molar refractivity (Wildman–Crippen MR) is 83.0 cm³/mol. The summed E-state index contributed by atoms with van der Waals surface area (Å²) in [6.45, 7) is 0.812. The van der Waals surface area contributed by atoms with Crippen LogP contribution in [-0.4, -0.2) is 11.5 Å². The molecule has 2 aromatic heterocycles. The van der Waals surface area contributed by atoms with Crippen molar-refractivity contribution in [2.45, 2.75) is 6.42 Å². The first kappa shape index (κ1) is 12.6. The Labute approximate surface area is 121 Å². The van der Waals surface area contributed by atoms with E-state index in [1.807, 2.05) is 30.3 Å². The molecule has 0 saturated heterocycles. The van der Waals surface area contributed by atoms with Gasteiger partial charge in [0.25, 0.3) is 0 Å². The zero-order valence-electron chi connectivity index (χ0n) is 10.8. The Morgan fingerprint density at radius 2 is 2.15 bits per heavy atom. The van der Waals surface area contributed by atoms with Crippen molar-refractivity contribution in [1.29, 1.82) is 5.26 Å². The highest BCUT2D eigenvalue weighted by Crippen LogP contribution is 2.20. The van der Waals surface area contributed by atoms with Gasteiger partial charge in [0.1, 0.15) is 5.82 Å². The van der Waals surface area contributed by atoms with Crippen LogP contribution in [0.15, 0.2) is 47.2 Å². The molecule has 1 N–H and O–H groups in total. The van der Waals surface area contributed by atoms with Gasteiger partial charge in [-0.2, -0.15) is 16.6 Å². The fourth-order valence-electron chi connectivity index (χ4n) is 2.13. The molecule has 0 fully saturated rings. The normalized spacial score (nSPS) is 10.3. The molecular formula is C16H13N3S. The van der Waals surface area contributed by atoms with Crippen LogP contribution in [0.4, 0.5) is 5.82 Å². The Morgan fingerprint density at radius 1 is 1.25 bits per heavy atom. The fraction of sp³-hybridized carbons (Fsp3) is 0.125. The van der Waals surface area contributed by atoms with E-state index in [9.17, 15) is 5.26 Å². The lowest BCUT2D eigenvalue weighted by molar-refractivity contribution is 1.02. The molecule has 20 heavy (non-hydrogen) atoms. The quantitative estimate of drug-likeness (QED) is 0.789. The number of rotatable bonds is 4. The van der Waals surface area contributed by atoms with Gasteiger partial charge in [0.15, 0.2) is 0 Å². The van der Waals surface area contributed by atoms with Crippen LogP contribution in [0.5, 0.6) is 0 Å². The number of nitriles is 1. The summed E-state index contributed by atoms with van der Waals surface area (Å²) in [7, 11) is 0. The van der Waals surface area contributed by atoms with Crippen molar-refractivity contribution < 1.29 is 0 Å². The summed E-state index contributed by atoms with van der Waals surface area (Å²) in [5.74, 6) is 0.760. The Bertz CT molecular complexity index is 757. The molecule has 98 valence electrons. The van der Waals surface area contributed by atoms with Gasteiger partial charge in [0.2, 0.25) is 0 Å². The number of aromatic nitrogens is 1. The molecule has 0 amide bonds. The molecule has 1 aromatic carbocycles. The third-order valence-electron chi connectivity index (χ3n) is 3.14. The molecule has 0 aliphatic heterocycles. The second-order valence-corrected chi connectivity index (χ2v) is 5.27. The number of thiophene rings is 1. The molecular weight excluding hydrogens is 266 g/mol. The van der Waals surface area contributed by atoms with Crippen LogP contribution in [0.1, 0.15) is 11.1 Å². The van der Waals surface area contributed by atoms with Crippen molar-refractivity contribution in [1.82, 2.24) is 4.98 Å². The first-order valence-corrected chi connectivity index (χ1v) is 7.36. The van der Waals surface area contributed by atoms with E-state index in [4.69, 9.17) is 0 Å². The number of benzene rings is 1. The minimum absolute atomic E-state index is 0.661. The second kappa shape index (κ2) is 5.72. The van der Waals surface area contributed by atoms with Gasteiger partial charge in [-0.1, -0.05) is 18.2 Å². The van der Waals surface area contributed by atoms with Crippen molar-refractivity contribution in [3.8, 4) is 6.07 Å². The van der Waals surface area contributed by atoms with Crippen molar-refractivity contribution in [3.05, 3.63) is 58.3 Å². The van der Waals surface area contributed by atoms with Gasteiger partial charge in [0.05, 0.1) is 17.1 Å². The monoisotopic (exact) mass is 279 g/mol. The maximum absolute atomic E-state index is 9.23. The smallest absolute Gasteiger partial charge is 0.127 e. The first-order valence-electron chi connectivity index (χ1n) is 6.41. The largest absolute Gasteiger partial charge is 0.370 e. The lowest BCUT2D eigenvalue weighted by atomic mass is 10.1. The van der Waals surface area contributed by atoms with Crippen molar-refractivity contribution in [2.75, 3.05) is 11.9 Å². The van der Waals surface area contributed by atoms with Crippen molar-refractivity contribution >= 4 is 28.1 Å². The van der Waals surface area contributed by atoms with Crippen LogP contribution < -0.4 is 5.32 Å². The highest BCUT2D eigenvalue weighted by molar-refractivity contribution is 7.07. The molecule has 0 unspecified atom stereocenters. The number of anilines is 1. The van der Waals surface area contributed by atoms with E-state index in [1.54, 1.807) is 11.3 Å². The number of fused-ring (bicyclic) bond motifs is 1. The molecule has 0 atom stereocenters. The number of hydrogen-bond donors (Lipinski definition) is 1. The van der Waals surface area contributed by atoms with Crippen molar-refractivity contribution in [2.24, 2.45) is 0 Å². The molecule has 3 rings (SSSR count). The van der Waals surface area contributed by atoms with E-state index in [0.717, 1.165) is 29.7 Å². The lowest BCUT2D eigenvalue weighted by Gasteiger charge is -2.07. The summed E-state index contributed by atoms with van der Waals surface area (Å²) >= 11 is 1.71.